The van der Waals surface area contributed by atoms with Crippen molar-refractivity contribution in [1.82, 2.24) is 4.98 Å². The van der Waals surface area contributed by atoms with Gasteiger partial charge in [-0.2, -0.15) is 0 Å². The van der Waals surface area contributed by atoms with E-state index in [1.807, 2.05) is 6.07 Å². The maximum atomic E-state index is 13.0. The highest BCUT2D eigenvalue weighted by Crippen LogP contribution is 2.31. The van der Waals surface area contributed by atoms with E-state index in [-0.39, 0.29) is 18.0 Å². The van der Waals surface area contributed by atoms with Crippen LogP contribution in [-0.2, 0) is 0 Å². The molecular formula is C14H10FNO3. The molecule has 0 amide bonds. The van der Waals surface area contributed by atoms with Gasteiger partial charge in [0.25, 0.3) is 0 Å². The normalized spacial score (nSPS) is 17.0. The maximum Gasteiger partial charge on any atom is 0.208 e. The van der Waals surface area contributed by atoms with Gasteiger partial charge in [0.05, 0.1) is 6.20 Å². The molecule has 1 aromatic heterocycles. The Morgan fingerprint density at radius 3 is 2.84 bits per heavy atom. The standard InChI is InChI=1S/C14H10FNO3/c15-10-5-9(6-16-7-10)14(17)13-8-18-11-3-1-2-4-12(11)19-13/h1-7,13H,8H2. The summed E-state index contributed by atoms with van der Waals surface area (Å²) >= 11 is 0. The number of Topliss-reactive ketones (excluding diaryl/α,β-unsaturated/α-hetero) is 1. The lowest BCUT2D eigenvalue weighted by atomic mass is 10.1. The first kappa shape index (κ1) is 11.6. The van der Waals surface area contributed by atoms with Crippen molar-refractivity contribution < 1.29 is 18.7 Å². The first-order chi connectivity index (χ1) is 9.24. The smallest absolute Gasteiger partial charge is 0.208 e. The zero-order valence-corrected chi connectivity index (χ0v) is 9.88. The van der Waals surface area contributed by atoms with Gasteiger partial charge in [-0.05, 0) is 18.2 Å². The summed E-state index contributed by atoms with van der Waals surface area (Å²) in [6, 6.07) is 8.23. The molecule has 0 fully saturated rings. The lowest BCUT2D eigenvalue weighted by Gasteiger charge is -2.25. The molecule has 0 N–H and O–H groups in total. The van der Waals surface area contributed by atoms with Gasteiger partial charge in [-0.25, -0.2) is 4.39 Å². The Balaban J connectivity index is 1.83. The number of para-hydroxylation sites is 2. The number of carbonyl (C=O) groups excluding carboxylic acids is 1. The number of aromatic nitrogens is 1. The van der Waals surface area contributed by atoms with Gasteiger partial charge in [0.15, 0.2) is 17.6 Å². The second kappa shape index (κ2) is 4.68. The molecule has 0 bridgehead atoms. The van der Waals surface area contributed by atoms with E-state index in [9.17, 15) is 9.18 Å². The molecule has 0 saturated carbocycles. The number of halogens is 1. The molecule has 2 aromatic rings. The average molecular weight is 259 g/mol. The predicted molar refractivity (Wildman–Crippen MR) is 64.9 cm³/mol. The molecule has 4 nitrogen and oxygen atoms in total. The van der Waals surface area contributed by atoms with Crippen molar-refractivity contribution in [3.63, 3.8) is 0 Å². The molecule has 1 aromatic carbocycles. The zero-order chi connectivity index (χ0) is 13.2. The van der Waals surface area contributed by atoms with Crippen molar-refractivity contribution in [2.45, 2.75) is 6.10 Å². The van der Waals surface area contributed by atoms with Crippen molar-refractivity contribution in [3.8, 4) is 11.5 Å². The molecule has 0 aliphatic carbocycles. The molecule has 5 heteroatoms. The number of hydrogen-bond donors (Lipinski definition) is 0. The van der Waals surface area contributed by atoms with Crippen molar-refractivity contribution >= 4 is 5.78 Å². The Kier molecular flexibility index (Phi) is 2.87. The summed E-state index contributed by atoms with van der Waals surface area (Å²) in [5.74, 6) is 0.213. The van der Waals surface area contributed by atoms with Gasteiger partial charge < -0.3 is 9.47 Å². The van der Waals surface area contributed by atoms with Crippen LogP contribution in [0.3, 0.4) is 0 Å². The topological polar surface area (TPSA) is 48.4 Å². The summed E-state index contributed by atoms with van der Waals surface area (Å²) in [7, 11) is 0. The molecule has 1 unspecified atom stereocenters. The average Bonchev–Trinajstić information content (AvgIpc) is 2.46. The molecule has 19 heavy (non-hydrogen) atoms. The fraction of sp³-hybridized carbons (Fsp3) is 0.143. The summed E-state index contributed by atoms with van der Waals surface area (Å²) in [5.41, 5.74) is 0.174. The van der Waals surface area contributed by atoms with E-state index in [1.165, 1.54) is 6.20 Å². The fourth-order valence-corrected chi connectivity index (χ4v) is 1.88. The van der Waals surface area contributed by atoms with Crippen LogP contribution in [-0.4, -0.2) is 23.5 Å². The van der Waals surface area contributed by atoms with Crippen LogP contribution in [0, 0.1) is 5.82 Å². The van der Waals surface area contributed by atoms with Crippen LogP contribution < -0.4 is 9.47 Å². The minimum atomic E-state index is -0.779. The molecule has 0 radical (unpaired) electrons. The number of nitrogens with zero attached hydrogens (tertiary/aromatic N) is 1. The van der Waals surface area contributed by atoms with E-state index in [4.69, 9.17) is 9.47 Å². The summed E-state index contributed by atoms with van der Waals surface area (Å²) < 4.78 is 24.1. The van der Waals surface area contributed by atoms with Gasteiger partial charge in [-0.1, -0.05) is 12.1 Å². The largest absolute Gasteiger partial charge is 0.485 e. The monoisotopic (exact) mass is 259 g/mol. The molecule has 2 heterocycles. The third-order valence-electron chi connectivity index (χ3n) is 2.79. The van der Waals surface area contributed by atoms with Crippen LogP contribution >= 0.6 is 0 Å². The zero-order valence-electron chi connectivity index (χ0n) is 9.88. The van der Waals surface area contributed by atoms with Crippen LogP contribution in [0.1, 0.15) is 10.4 Å². The quantitative estimate of drug-likeness (QED) is 0.776. The number of benzene rings is 1. The highest BCUT2D eigenvalue weighted by atomic mass is 19.1. The van der Waals surface area contributed by atoms with E-state index in [0.29, 0.717) is 11.5 Å². The number of pyridine rings is 1. The third-order valence-corrected chi connectivity index (χ3v) is 2.79. The van der Waals surface area contributed by atoms with Crippen molar-refractivity contribution in [1.29, 1.82) is 0 Å². The van der Waals surface area contributed by atoms with Crippen molar-refractivity contribution in [2.75, 3.05) is 6.61 Å². The minimum Gasteiger partial charge on any atom is -0.485 e. The number of ketones is 1. The Bertz CT molecular complexity index is 630. The van der Waals surface area contributed by atoms with E-state index in [0.717, 1.165) is 12.3 Å². The summed E-state index contributed by atoms with van der Waals surface area (Å²) in [5, 5.41) is 0. The third kappa shape index (κ3) is 2.27. The number of rotatable bonds is 2. The van der Waals surface area contributed by atoms with Gasteiger partial charge in [-0.3, -0.25) is 9.78 Å². The maximum absolute atomic E-state index is 13.0. The molecule has 3 rings (SSSR count). The second-order valence-corrected chi connectivity index (χ2v) is 4.12. The lowest BCUT2D eigenvalue weighted by Crippen LogP contribution is -2.36. The van der Waals surface area contributed by atoms with Gasteiger partial charge in [-0.15, -0.1) is 0 Å². The SMILES string of the molecule is O=C(c1cncc(F)c1)C1COc2ccccc2O1. The first-order valence-electron chi connectivity index (χ1n) is 5.77. The molecule has 0 saturated heterocycles. The van der Waals surface area contributed by atoms with E-state index in [2.05, 4.69) is 4.98 Å². The van der Waals surface area contributed by atoms with E-state index < -0.39 is 11.9 Å². The van der Waals surface area contributed by atoms with Crippen LogP contribution in [0.2, 0.25) is 0 Å². The molecule has 96 valence electrons. The van der Waals surface area contributed by atoms with Crippen LogP contribution in [0.25, 0.3) is 0 Å². The molecular weight excluding hydrogens is 249 g/mol. The Hall–Kier alpha value is -2.43. The highest BCUT2D eigenvalue weighted by molar-refractivity contribution is 5.99. The van der Waals surface area contributed by atoms with Crippen molar-refractivity contribution in [2.24, 2.45) is 0 Å². The highest BCUT2D eigenvalue weighted by Gasteiger charge is 2.28. The molecule has 0 spiro atoms. The first-order valence-corrected chi connectivity index (χ1v) is 5.77. The van der Waals surface area contributed by atoms with E-state index in [1.54, 1.807) is 18.2 Å². The summed E-state index contributed by atoms with van der Waals surface area (Å²) in [6.07, 6.45) is 1.58. The molecule has 1 aliphatic rings. The number of carbonyl (C=O) groups is 1. The lowest BCUT2D eigenvalue weighted by molar-refractivity contribution is 0.0585. The predicted octanol–water partition coefficient (Wildman–Crippen LogP) is 2.24. The van der Waals surface area contributed by atoms with Gasteiger partial charge in [0.2, 0.25) is 5.78 Å². The van der Waals surface area contributed by atoms with Crippen LogP contribution in [0.15, 0.2) is 42.7 Å². The van der Waals surface area contributed by atoms with Gasteiger partial charge in [0, 0.05) is 11.8 Å². The summed E-state index contributed by atoms with van der Waals surface area (Å²) in [4.78, 5) is 15.8. The van der Waals surface area contributed by atoms with Crippen LogP contribution in [0.4, 0.5) is 4.39 Å². The second-order valence-electron chi connectivity index (χ2n) is 4.12. The Morgan fingerprint density at radius 1 is 1.26 bits per heavy atom. The van der Waals surface area contributed by atoms with E-state index >= 15 is 0 Å². The van der Waals surface area contributed by atoms with Gasteiger partial charge in [0.1, 0.15) is 12.4 Å². The Morgan fingerprint density at radius 2 is 2.05 bits per heavy atom. The number of fused-ring (bicyclic) bond motifs is 1. The number of ether oxygens (including phenoxy) is 2. The van der Waals surface area contributed by atoms with Crippen molar-refractivity contribution in [3.05, 3.63) is 54.1 Å². The fourth-order valence-electron chi connectivity index (χ4n) is 1.88. The number of hydrogen-bond acceptors (Lipinski definition) is 4. The Labute approximate surface area is 108 Å². The molecule has 1 atom stereocenters. The summed E-state index contributed by atoms with van der Waals surface area (Å²) in [6.45, 7) is 0.104. The van der Waals surface area contributed by atoms with Crippen LogP contribution in [0.5, 0.6) is 11.5 Å². The van der Waals surface area contributed by atoms with Gasteiger partial charge >= 0.3 is 0 Å². The molecule has 1 aliphatic heterocycles. The minimum absolute atomic E-state index is 0.104.